The van der Waals surface area contributed by atoms with Crippen LogP contribution in [-0.4, -0.2) is 40.1 Å². The Morgan fingerprint density at radius 2 is 2.31 bits per heavy atom. The van der Waals surface area contributed by atoms with Crippen LogP contribution >= 0.6 is 11.3 Å². The van der Waals surface area contributed by atoms with Crippen molar-refractivity contribution in [2.45, 2.75) is 31.7 Å². The zero-order valence-corrected chi connectivity index (χ0v) is 9.95. The average Bonchev–Trinajstić information content (AvgIpc) is 2.96. The van der Waals surface area contributed by atoms with E-state index >= 15 is 0 Å². The number of nitrogens with zero attached hydrogens (tertiary/aromatic N) is 2. The van der Waals surface area contributed by atoms with Crippen LogP contribution in [0.4, 0.5) is 0 Å². The largest absolute Gasteiger partial charge is 0.395 e. The van der Waals surface area contributed by atoms with Gasteiger partial charge in [-0.3, -0.25) is 9.78 Å². The molecule has 1 heterocycles. The Morgan fingerprint density at radius 3 is 2.88 bits per heavy atom. The third kappa shape index (κ3) is 2.41. The van der Waals surface area contributed by atoms with Gasteiger partial charge in [0, 0.05) is 12.6 Å². The monoisotopic (exact) mass is 240 g/mol. The standard InChI is InChI=1S/C11H16N2O2S/c14-6-5-13(9-3-1-2-4-9)11(15)10-7-12-8-16-10/h7-9,14H,1-6H2. The van der Waals surface area contributed by atoms with E-state index < -0.39 is 0 Å². The van der Waals surface area contributed by atoms with E-state index in [4.69, 9.17) is 5.11 Å². The predicted molar refractivity (Wildman–Crippen MR) is 62.5 cm³/mol. The second-order valence-corrected chi connectivity index (χ2v) is 4.91. The lowest BCUT2D eigenvalue weighted by Gasteiger charge is -2.27. The number of carbonyl (C=O) groups is 1. The van der Waals surface area contributed by atoms with Crippen LogP contribution in [0.2, 0.25) is 0 Å². The van der Waals surface area contributed by atoms with Crippen molar-refractivity contribution in [3.63, 3.8) is 0 Å². The Morgan fingerprint density at radius 1 is 1.56 bits per heavy atom. The van der Waals surface area contributed by atoms with Gasteiger partial charge in [0.25, 0.3) is 5.91 Å². The van der Waals surface area contributed by atoms with E-state index in [0.717, 1.165) is 12.8 Å². The topological polar surface area (TPSA) is 53.4 Å². The first-order chi connectivity index (χ1) is 7.83. The molecule has 1 aromatic rings. The Hall–Kier alpha value is -0.940. The number of aliphatic hydroxyl groups is 1. The number of hydrogen-bond donors (Lipinski definition) is 1. The summed E-state index contributed by atoms with van der Waals surface area (Å²) >= 11 is 1.36. The molecule has 5 heteroatoms. The maximum atomic E-state index is 12.2. The number of amides is 1. The van der Waals surface area contributed by atoms with Crippen LogP contribution < -0.4 is 0 Å². The van der Waals surface area contributed by atoms with Crippen molar-refractivity contribution < 1.29 is 9.90 Å². The van der Waals surface area contributed by atoms with Crippen molar-refractivity contribution in [3.8, 4) is 0 Å². The summed E-state index contributed by atoms with van der Waals surface area (Å²) in [5.41, 5.74) is 1.67. The van der Waals surface area contributed by atoms with E-state index in [-0.39, 0.29) is 12.5 Å². The van der Waals surface area contributed by atoms with E-state index in [2.05, 4.69) is 4.98 Å². The summed E-state index contributed by atoms with van der Waals surface area (Å²) in [7, 11) is 0. The summed E-state index contributed by atoms with van der Waals surface area (Å²) in [6, 6.07) is 0.307. The lowest BCUT2D eigenvalue weighted by atomic mass is 10.2. The summed E-state index contributed by atoms with van der Waals surface area (Å²) in [6.07, 6.45) is 6.09. The van der Waals surface area contributed by atoms with Crippen molar-refractivity contribution in [3.05, 3.63) is 16.6 Å². The summed E-state index contributed by atoms with van der Waals surface area (Å²) in [6.45, 7) is 0.461. The van der Waals surface area contributed by atoms with Gasteiger partial charge in [-0.2, -0.15) is 0 Å². The molecule has 0 bridgehead atoms. The number of aromatic nitrogens is 1. The molecule has 0 aromatic carbocycles. The van der Waals surface area contributed by atoms with Crippen molar-refractivity contribution in [1.29, 1.82) is 0 Å². The molecule has 1 aromatic heterocycles. The van der Waals surface area contributed by atoms with Crippen LogP contribution in [0.5, 0.6) is 0 Å². The number of carbonyl (C=O) groups excluding carboxylic acids is 1. The maximum Gasteiger partial charge on any atom is 0.265 e. The highest BCUT2D eigenvalue weighted by atomic mass is 32.1. The third-order valence-electron chi connectivity index (χ3n) is 3.01. The van der Waals surface area contributed by atoms with Gasteiger partial charge in [0.2, 0.25) is 0 Å². The zero-order chi connectivity index (χ0) is 11.4. The van der Waals surface area contributed by atoms with E-state index in [1.807, 2.05) is 0 Å². The molecular formula is C11H16N2O2S. The minimum atomic E-state index is 0.0171. The van der Waals surface area contributed by atoms with E-state index in [1.165, 1.54) is 24.2 Å². The fraction of sp³-hybridized carbons (Fsp3) is 0.636. The maximum absolute atomic E-state index is 12.2. The van der Waals surface area contributed by atoms with E-state index in [1.54, 1.807) is 16.6 Å². The second kappa shape index (κ2) is 5.41. The molecule has 0 aliphatic heterocycles. The SMILES string of the molecule is O=C(c1cncs1)N(CCO)C1CCCC1. The highest BCUT2D eigenvalue weighted by Crippen LogP contribution is 2.25. The molecule has 1 N–H and O–H groups in total. The van der Waals surface area contributed by atoms with Gasteiger partial charge in [-0.25, -0.2) is 0 Å². The van der Waals surface area contributed by atoms with Crippen LogP contribution in [0.3, 0.4) is 0 Å². The first-order valence-corrected chi connectivity index (χ1v) is 6.51. The molecule has 1 amide bonds. The van der Waals surface area contributed by atoms with Gasteiger partial charge in [0.1, 0.15) is 4.88 Å². The van der Waals surface area contributed by atoms with E-state index in [9.17, 15) is 4.79 Å². The predicted octanol–water partition coefficient (Wildman–Crippen LogP) is 1.52. The van der Waals surface area contributed by atoms with Gasteiger partial charge < -0.3 is 10.0 Å². The van der Waals surface area contributed by atoms with Crippen molar-refractivity contribution in [1.82, 2.24) is 9.88 Å². The third-order valence-corrected chi connectivity index (χ3v) is 3.77. The summed E-state index contributed by atoms with van der Waals surface area (Å²) in [4.78, 5) is 18.6. The summed E-state index contributed by atoms with van der Waals surface area (Å²) in [5.74, 6) is 0.0171. The number of hydrogen-bond acceptors (Lipinski definition) is 4. The van der Waals surface area contributed by atoms with Crippen LogP contribution in [0.25, 0.3) is 0 Å². The molecule has 2 rings (SSSR count). The Labute approximate surface area is 98.9 Å². The molecule has 1 aliphatic rings. The molecule has 0 saturated heterocycles. The minimum absolute atomic E-state index is 0.0171. The first kappa shape index (κ1) is 11.5. The molecule has 0 radical (unpaired) electrons. The van der Waals surface area contributed by atoms with Gasteiger partial charge in [0.05, 0.1) is 18.3 Å². The number of thiazole rings is 1. The molecular weight excluding hydrogens is 224 g/mol. The molecule has 1 saturated carbocycles. The van der Waals surface area contributed by atoms with Crippen LogP contribution in [-0.2, 0) is 0 Å². The lowest BCUT2D eigenvalue weighted by Crippen LogP contribution is -2.40. The molecule has 1 aliphatic carbocycles. The molecule has 1 fully saturated rings. The normalized spacial score (nSPS) is 16.6. The quantitative estimate of drug-likeness (QED) is 0.868. The lowest BCUT2D eigenvalue weighted by molar-refractivity contribution is 0.0643. The Balaban J connectivity index is 2.09. The van der Waals surface area contributed by atoms with E-state index in [0.29, 0.717) is 17.5 Å². The number of rotatable bonds is 4. The van der Waals surface area contributed by atoms with Gasteiger partial charge in [0.15, 0.2) is 0 Å². The van der Waals surface area contributed by atoms with Gasteiger partial charge in [-0.1, -0.05) is 12.8 Å². The van der Waals surface area contributed by atoms with Crippen LogP contribution in [0, 0.1) is 0 Å². The van der Waals surface area contributed by atoms with Crippen LogP contribution in [0.15, 0.2) is 11.7 Å². The van der Waals surface area contributed by atoms with Gasteiger partial charge in [-0.15, -0.1) is 11.3 Å². The average molecular weight is 240 g/mol. The Kier molecular flexibility index (Phi) is 3.90. The van der Waals surface area contributed by atoms with Gasteiger partial charge in [-0.05, 0) is 12.8 Å². The second-order valence-electron chi connectivity index (χ2n) is 4.03. The fourth-order valence-electron chi connectivity index (χ4n) is 2.24. The van der Waals surface area contributed by atoms with Crippen molar-refractivity contribution in [2.24, 2.45) is 0 Å². The highest BCUT2D eigenvalue weighted by Gasteiger charge is 2.27. The number of aliphatic hydroxyl groups excluding tert-OH is 1. The minimum Gasteiger partial charge on any atom is -0.395 e. The molecule has 4 nitrogen and oxygen atoms in total. The molecule has 88 valence electrons. The van der Waals surface area contributed by atoms with Crippen molar-refractivity contribution in [2.75, 3.05) is 13.2 Å². The first-order valence-electron chi connectivity index (χ1n) is 5.63. The smallest absolute Gasteiger partial charge is 0.265 e. The summed E-state index contributed by atoms with van der Waals surface area (Å²) < 4.78 is 0. The van der Waals surface area contributed by atoms with Crippen LogP contribution in [0.1, 0.15) is 35.4 Å². The molecule has 0 spiro atoms. The molecule has 16 heavy (non-hydrogen) atoms. The highest BCUT2D eigenvalue weighted by molar-refractivity contribution is 7.11. The van der Waals surface area contributed by atoms with Gasteiger partial charge >= 0.3 is 0 Å². The van der Waals surface area contributed by atoms with Crippen molar-refractivity contribution >= 4 is 17.2 Å². The summed E-state index contributed by atoms with van der Waals surface area (Å²) in [5, 5.41) is 9.04. The Bertz CT molecular complexity index is 334. The molecule has 0 atom stereocenters. The fourth-order valence-corrected chi connectivity index (χ4v) is 2.81. The zero-order valence-electron chi connectivity index (χ0n) is 9.13. The molecule has 0 unspecified atom stereocenters.